The minimum Gasteiger partial charge on any atom is -0.508 e. The number of phenolic OH excluding ortho intramolecular Hbond substituents is 1. The first-order valence-corrected chi connectivity index (χ1v) is 19.6. The normalized spacial score (nSPS) is 27.3. The van der Waals surface area contributed by atoms with Crippen LogP contribution in [0.3, 0.4) is 0 Å². The van der Waals surface area contributed by atoms with Crippen LogP contribution in [0.1, 0.15) is 101 Å². The number of phenols is 1. The first-order chi connectivity index (χ1) is 25.4. The van der Waals surface area contributed by atoms with Gasteiger partial charge >= 0.3 is 0 Å². The van der Waals surface area contributed by atoms with Gasteiger partial charge in [0, 0.05) is 44.6 Å². The number of aliphatic hydroxyl groups is 2. The van der Waals surface area contributed by atoms with Crippen LogP contribution in [-0.4, -0.2) is 70.5 Å². The maximum atomic E-state index is 14.2. The number of hydrogen-bond donors (Lipinski definition) is 3. The highest BCUT2D eigenvalue weighted by molar-refractivity contribution is 6.03. The van der Waals surface area contributed by atoms with Crippen molar-refractivity contribution < 1.29 is 34.4 Å². The van der Waals surface area contributed by atoms with E-state index in [-0.39, 0.29) is 55.1 Å². The Kier molecular flexibility index (Phi) is 13.1. The summed E-state index contributed by atoms with van der Waals surface area (Å²) in [4.78, 5) is 22.2. The minimum atomic E-state index is -1.27. The molecule has 4 aliphatic rings. The number of unbranched alkanes of at least 4 members (excludes halogenated alkanes) is 2. The van der Waals surface area contributed by atoms with Crippen molar-refractivity contribution in [2.75, 3.05) is 26.9 Å². The Morgan fingerprint density at radius 2 is 1.79 bits per heavy atom. The Morgan fingerprint density at radius 3 is 2.52 bits per heavy atom. The molecule has 1 heterocycles. The van der Waals surface area contributed by atoms with Gasteiger partial charge in [-0.25, -0.2) is 0 Å². The van der Waals surface area contributed by atoms with Gasteiger partial charge in [-0.15, -0.1) is 6.58 Å². The van der Waals surface area contributed by atoms with Crippen molar-refractivity contribution in [1.29, 1.82) is 0 Å². The number of allylic oxidation sites excluding steroid dienone is 1. The van der Waals surface area contributed by atoms with Crippen LogP contribution < -0.4 is 4.74 Å². The van der Waals surface area contributed by atoms with Gasteiger partial charge in [0.15, 0.2) is 0 Å². The maximum Gasteiger partial charge on any atom is 0.239 e. The summed E-state index contributed by atoms with van der Waals surface area (Å²) in [7, 11) is 1.88. The molecule has 6 unspecified atom stereocenters. The molecule has 3 aliphatic carbocycles. The highest BCUT2D eigenvalue weighted by Gasteiger charge is 2.65. The molecule has 9 heteroatoms. The van der Waals surface area contributed by atoms with Crippen molar-refractivity contribution in [2.45, 2.75) is 108 Å². The number of carbonyl (C=O) groups is 1. The van der Waals surface area contributed by atoms with Gasteiger partial charge in [-0.05, 0) is 79.2 Å². The van der Waals surface area contributed by atoms with Gasteiger partial charge in [0.2, 0.25) is 11.7 Å². The number of ether oxygens (including phenoxy) is 2. The Bertz CT molecular complexity index is 1550. The number of hydrogen-bond acceptors (Lipinski definition) is 8. The fourth-order valence-corrected chi connectivity index (χ4v) is 9.47. The molecule has 0 radical (unpaired) electrons. The molecule has 0 spiro atoms. The standard InChI is InChI=1S/C43H58N2O7/c1-3-25-50-43-39(45(2)40(49)22-19-30-13-7-8-14-30)28-37(44-51-29-31-15-5-4-6-16-31)35-26-32(17-9-11-23-46)34(18-10-12-24-47)41(42(35)43)36-27-33(48)20-21-38(36)52-43/h3-6,15-16,20-21,26-27,30,32,34,39,41-42,46-48H,1,7-14,17-19,22-25,28-29H2,2H3. The maximum absolute atomic E-state index is 14.2. The molecular formula is C43H58N2O7. The number of carbonyl (C=O) groups excluding carboxylic acids is 1. The van der Waals surface area contributed by atoms with E-state index in [1.807, 2.05) is 54.4 Å². The van der Waals surface area contributed by atoms with E-state index in [1.54, 1.807) is 12.1 Å². The molecule has 0 bridgehead atoms. The Hall–Kier alpha value is -3.66. The van der Waals surface area contributed by atoms with Crippen molar-refractivity contribution in [3.05, 3.63) is 84.0 Å². The van der Waals surface area contributed by atoms with Crippen LogP contribution in [0, 0.1) is 23.7 Å². The highest BCUT2D eigenvalue weighted by atomic mass is 16.7. The predicted molar refractivity (Wildman–Crippen MR) is 202 cm³/mol. The molecule has 6 rings (SSSR count). The molecule has 282 valence electrons. The molecule has 3 N–H and O–H groups in total. The molecule has 6 atom stereocenters. The zero-order chi connectivity index (χ0) is 36.5. The monoisotopic (exact) mass is 714 g/mol. The molecule has 52 heavy (non-hydrogen) atoms. The Balaban J connectivity index is 1.48. The number of likely N-dealkylation sites (N-methyl/N-ethyl adjacent to an activating group) is 1. The molecule has 1 amide bonds. The van der Waals surface area contributed by atoms with Crippen LogP contribution in [0.2, 0.25) is 0 Å². The summed E-state index contributed by atoms with van der Waals surface area (Å²) < 4.78 is 14.1. The topological polar surface area (TPSA) is 121 Å². The number of benzene rings is 2. The molecule has 0 aromatic heterocycles. The largest absolute Gasteiger partial charge is 0.508 e. The first kappa shape index (κ1) is 38.1. The van der Waals surface area contributed by atoms with Crippen molar-refractivity contribution >= 4 is 11.6 Å². The van der Waals surface area contributed by atoms with Crippen molar-refractivity contribution in [3.8, 4) is 11.5 Å². The fourth-order valence-electron chi connectivity index (χ4n) is 9.47. The molecule has 2 aromatic carbocycles. The number of rotatable bonds is 18. The third-order valence-electron chi connectivity index (χ3n) is 12.0. The van der Waals surface area contributed by atoms with Gasteiger partial charge < -0.3 is 34.5 Å². The average molecular weight is 715 g/mol. The van der Waals surface area contributed by atoms with E-state index in [1.165, 1.54) is 25.7 Å². The zero-order valence-corrected chi connectivity index (χ0v) is 30.8. The zero-order valence-electron chi connectivity index (χ0n) is 30.8. The SMILES string of the molecule is C=CCOC12Oc3ccc(O)cc3C3C(CCCCO)C(CCCCO)C=C(C(=NOCc4ccccc4)CC1N(C)C(=O)CCC1CCCC1)C32. The van der Waals surface area contributed by atoms with Crippen LogP contribution >= 0.6 is 0 Å². The van der Waals surface area contributed by atoms with E-state index in [0.717, 1.165) is 54.5 Å². The van der Waals surface area contributed by atoms with Gasteiger partial charge in [0.1, 0.15) is 24.1 Å². The summed E-state index contributed by atoms with van der Waals surface area (Å²) in [5.74, 6) is -0.0972. The van der Waals surface area contributed by atoms with E-state index in [0.29, 0.717) is 44.0 Å². The van der Waals surface area contributed by atoms with E-state index >= 15 is 0 Å². The van der Waals surface area contributed by atoms with Crippen molar-refractivity contribution in [2.24, 2.45) is 28.8 Å². The Morgan fingerprint density at radius 1 is 1.04 bits per heavy atom. The summed E-state index contributed by atoms with van der Waals surface area (Å²) in [6.07, 6.45) is 15.4. The minimum absolute atomic E-state index is 0.0595. The molecule has 1 aliphatic heterocycles. The lowest BCUT2D eigenvalue weighted by Crippen LogP contribution is -2.69. The van der Waals surface area contributed by atoms with Crippen LogP contribution in [0.4, 0.5) is 0 Å². The van der Waals surface area contributed by atoms with Crippen LogP contribution in [0.25, 0.3) is 0 Å². The highest BCUT2D eigenvalue weighted by Crippen LogP contribution is 2.61. The van der Waals surface area contributed by atoms with Crippen molar-refractivity contribution in [1.82, 2.24) is 4.90 Å². The van der Waals surface area contributed by atoms with E-state index in [2.05, 4.69) is 12.7 Å². The lowest BCUT2D eigenvalue weighted by atomic mass is 9.55. The molecular weight excluding hydrogens is 656 g/mol. The summed E-state index contributed by atoms with van der Waals surface area (Å²) in [6, 6.07) is 14.7. The van der Waals surface area contributed by atoms with Gasteiger partial charge in [-0.1, -0.05) is 86.2 Å². The molecule has 2 fully saturated rings. The summed E-state index contributed by atoms with van der Waals surface area (Å²) in [5, 5.41) is 35.3. The third-order valence-corrected chi connectivity index (χ3v) is 12.0. The third kappa shape index (κ3) is 8.27. The molecule has 9 nitrogen and oxygen atoms in total. The lowest BCUT2D eigenvalue weighted by Gasteiger charge is -2.59. The lowest BCUT2D eigenvalue weighted by molar-refractivity contribution is -0.255. The second-order valence-electron chi connectivity index (χ2n) is 15.2. The molecule has 0 saturated heterocycles. The van der Waals surface area contributed by atoms with Crippen LogP contribution in [-0.2, 0) is 21.0 Å². The number of aromatic hydroxyl groups is 1. The summed E-state index contributed by atoms with van der Waals surface area (Å²) >= 11 is 0. The van der Waals surface area contributed by atoms with Gasteiger partial charge in [0.25, 0.3) is 0 Å². The van der Waals surface area contributed by atoms with E-state index < -0.39 is 11.8 Å². The van der Waals surface area contributed by atoms with Crippen LogP contribution in [0.5, 0.6) is 11.5 Å². The molecule has 2 aromatic rings. The first-order valence-electron chi connectivity index (χ1n) is 19.6. The number of amides is 1. The fraction of sp³-hybridized carbons (Fsp3) is 0.581. The van der Waals surface area contributed by atoms with E-state index in [4.69, 9.17) is 19.5 Å². The summed E-state index contributed by atoms with van der Waals surface area (Å²) in [6.45, 7) is 4.77. The number of fused-ring (bicyclic) bond motifs is 2. The number of aliphatic hydroxyl groups excluding tert-OH is 2. The Labute approximate surface area is 309 Å². The second kappa shape index (κ2) is 17.9. The summed E-state index contributed by atoms with van der Waals surface area (Å²) in [5.41, 5.74) is 3.69. The number of nitrogens with zero attached hydrogens (tertiary/aromatic N) is 2. The smallest absolute Gasteiger partial charge is 0.239 e. The van der Waals surface area contributed by atoms with Crippen molar-refractivity contribution in [3.63, 3.8) is 0 Å². The quantitative estimate of drug-likeness (QED) is 0.0824. The second-order valence-corrected chi connectivity index (χ2v) is 15.2. The molecule has 2 saturated carbocycles. The van der Waals surface area contributed by atoms with Gasteiger partial charge in [-0.2, -0.15) is 0 Å². The van der Waals surface area contributed by atoms with Gasteiger partial charge in [-0.3, -0.25) is 4.79 Å². The van der Waals surface area contributed by atoms with Gasteiger partial charge in [0.05, 0.1) is 18.2 Å². The van der Waals surface area contributed by atoms with E-state index in [9.17, 15) is 20.1 Å². The average Bonchev–Trinajstić information content (AvgIpc) is 3.69. The predicted octanol–water partition coefficient (Wildman–Crippen LogP) is 7.65. The number of oxime groups is 1. The van der Waals surface area contributed by atoms with Crippen LogP contribution in [0.15, 0.2) is 78.0 Å².